The number of carbonyl (C=O) groups is 2. The Morgan fingerprint density at radius 3 is 2.42 bits per heavy atom. The minimum absolute atomic E-state index is 0.0990. The molecule has 1 fully saturated rings. The summed E-state index contributed by atoms with van der Waals surface area (Å²) in [5, 5.41) is 14.0. The van der Waals surface area contributed by atoms with Crippen molar-refractivity contribution in [2.24, 2.45) is 5.92 Å². The predicted octanol–water partition coefficient (Wildman–Crippen LogP) is 5.04. The van der Waals surface area contributed by atoms with Crippen LogP contribution in [0.25, 0.3) is 0 Å². The number of nitro groups is 1. The smallest absolute Gasteiger partial charge is 0.271 e. The summed E-state index contributed by atoms with van der Waals surface area (Å²) in [6, 6.07) is 18.1. The molecule has 9 heteroatoms. The molecule has 0 aliphatic carbocycles. The van der Waals surface area contributed by atoms with Crippen LogP contribution in [-0.2, 0) is 9.59 Å². The van der Waals surface area contributed by atoms with Crippen LogP contribution in [0.15, 0.2) is 66.7 Å². The molecule has 186 valence electrons. The summed E-state index contributed by atoms with van der Waals surface area (Å²) in [5.74, 6) is -0.0445. The number of hydrogen-bond donors (Lipinski definition) is 1. The van der Waals surface area contributed by atoms with Crippen LogP contribution >= 0.6 is 0 Å². The number of anilines is 2. The fourth-order valence-electron chi connectivity index (χ4n) is 4.53. The Balaban J connectivity index is 1.77. The molecule has 1 aliphatic rings. The number of nitro benzene ring substituents is 1. The summed E-state index contributed by atoms with van der Waals surface area (Å²) < 4.78 is 10.9. The van der Waals surface area contributed by atoms with Gasteiger partial charge in [-0.25, -0.2) is 0 Å². The third kappa shape index (κ3) is 5.00. The fourth-order valence-corrected chi connectivity index (χ4v) is 4.53. The Hall–Kier alpha value is -4.40. The van der Waals surface area contributed by atoms with Crippen LogP contribution in [0.5, 0.6) is 11.5 Å². The summed E-state index contributed by atoms with van der Waals surface area (Å²) in [6.07, 6.45) is 0.506. The zero-order valence-electron chi connectivity index (χ0n) is 20.3. The zero-order chi connectivity index (χ0) is 25.8. The van der Waals surface area contributed by atoms with Gasteiger partial charge < -0.3 is 19.7 Å². The second-order valence-corrected chi connectivity index (χ2v) is 8.60. The molecule has 4 rings (SSSR count). The summed E-state index contributed by atoms with van der Waals surface area (Å²) in [7, 11) is 3.06. The van der Waals surface area contributed by atoms with Crippen LogP contribution in [0.2, 0.25) is 0 Å². The van der Waals surface area contributed by atoms with E-state index in [9.17, 15) is 19.7 Å². The second-order valence-electron chi connectivity index (χ2n) is 8.60. The van der Waals surface area contributed by atoms with E-state index in [-0.39, 0.29) is 23.9 Å². The maximum atomic E-state index is 13.6. The number of benzene rings is 3. The molecule has 0 aromatic heterocycles. The molecule has 3 aromatic carbocycles. The molecule has 1 heterocycles. The lowest BCUT2D eigenvalue weighted by atomic mass is 9.83. The van der Waals surface area contributed by atoms with Crippen LogP contribution in [0.1, 0.15) is 30.0 Å². The maximum Gasteiger partial charge on any atom is 0.271 e. The molecule has 0 saturated carbocycles. The van der Waals surface area contributed by atoms with Crippen LogP contribution in [-0.4, -0.2) is 31.0 Å². The summed E-state index contributed by atoms with van der Waals surface area (Å²) in [6.45, 7) is 1.96. The molecule has 0 radical (unpaired) electrons. The van der Waals surface area contributed by atoms with E-state index < -0.39 is 16.9 Å². The molecule has 0 spiro atoms. The standard InChI is InChI=1S/C27H27N3O6/c1-17-7-10-20(11-8-17)29-25(31)14-12-22(26(29)18-9-13-23(35-2)24(15-18)36-3)27(32)28-19-5-4-6-21(16-19)30(33)34/h4-11,13,15-16,22,26H,12,14H2,1-3H3,(H,28,32). The molecular weight excluding hydrogens is 462 g/mol. The van der Waals surface area contributed by atoms with Crippen LogP contribution in [0, 0.1) is 23.0 Å². The van der Waals surface area contributed by atoms with E-state index in [0.717, 1.165) is 5.56 Å². The van der Waals surface area contributed by atoms with Gasteiger partial charge in [-0.2, -0.15) is 0 Å². The Kier molecular flexibility index (Phi) is 7.19. The minimum atomic E-state index is -0.632. The number of methoxy groups -OCH3 is 2. The molecule has 0 bridgehead atoms. The molecule has 2 amide bonds. The molecule has 36 heavy (non-hydrogen) atoms. The number of nitrogens with zero attached hydrogens (tertiary/aromatic N) is 2. The molecule has 1 saturated heterocycles. The lowest BCUT2D eigenvalue weighted by Gasteiger charge is -2.41. The summed E-state index contributed by atoms with van der Waals surface area (Å²) >= 11 is 0. The van der Waals surface area contributed by atoms with Crippen molar-refractivity contribution in [3.63, 3.8) is 0 Å². The Bertz CT molecular complexity index is 1290. The number of hydrogen-bond acceptors (Lipinski definition) is 6. The summed E-state index contributed by atoms with van der Waals surface area (Å²) in [5.41, 5.74) is 2.63. The molecule has 2 atom stereocenters. The average molecular weight is 490 g/mol. The molecule has 3 aromatic rings. The third-order valence-corrected chi connectivity index (χ3v) is 6.32. The first kappa shape index (κ1) is 24.7. The first-order chi connectivity index (χ1) is 17.3. The Morgan fingerprint density at radius 1 is 1.03 bits per heavy atom. The van der Waals surface area contributed by atoms with Crippen LogP contribution in [0.3, 0.4) is 0 Å². The number of nitrogens with one attached hydrogen (secondary N) is 1. The van der Waals surface area contributed by atoms with Gasteiger partial charge in [0.05, 0.1) is 31.1 Å². The van der Waals surface area contributed by atoms with Crippen molar-refractivity contribution in [3.05, 3.63) is 88.0 Å². The maximum absolute atomic E-state index is 13.6. The van der Waals surface area contributed by atoms with Crippen LogP contribution in [0.4, 0.5) is 17.1 Å². The molecule has 9 nitrogen and oxygen atoms in total. The van der Waals surface area contributed by atoms with Gasteiger partial charge in [-0.1, -0.05) is 29.8 Å². The first-order valence-electron chi connectivity index (χ1n) is 11.5. The number of aryl methyl sites for hydroxylation is 1. The monoisotopic (exact) mass is 489 g/mol. The van der Waals surface area contributed by atoms with Gasteiger partial charge in [0.15, 0.2) is 11.5 Å². The van der Waals surface area contributed by atoms with Gasteiger partial charge in [-0.15, -0.1) is 0 Å². The SMILES string of the molecule is COc1ccc(C2C(C(=O)Nc3cccc([N+](=O)[O-])c3)CCC(=O)N2c2ccc(C)cc2)cc1OC. The van der Waals surface area contributed by atoms with E-state index in [1.165, 1.54) is 32.4 Å². The van der Waals surface area contributed by atoms with E-state index in [0.29, 0.717) is 34.9 Å². The largest absolute Gasteiger partial charge is 0.493 e. The number of carbonyl (C=O) groups excluding carboxylic acids is 2. The lowest BCUT2D eigenvalue weighted by Crippen LogP contribution is -2.47. The highest BCUT2D eigenvalue weighted by Gasteiger charge is 2.42. The summed E-state index contributed by atoms with van der Waals surface area (Å²) in [4.78, 5) is 39.1. The van der Waals surface area contributed by atoms with Crippen molar-refractivity contribution < 1.29 is 24.0 Å². The van der Waals surface area contributed by atoms with E-state index in [4.69, 9.17) is 9.47 Å². The number of amides is 2. The second kappa shape index (κ2) is 10.5. The third-order valence-electron chi connectivity index (χ3n) is 6.32. The van der Waals surface area contributed by atoms with E-state index in [1.54, 1.807) is 23.1 Å². The van der Waals surface area contributed by atoms with Crippen molar-refractivity contribution in [1.29, 1.82) is 0 Å². The Morgan fingerprint density at radius 2 is 1.75 bits per heavy atom. The van der Waals surface area contributed by atoms with Gasteiger partial charge in [0.1, 0.15) is 0 Å². The van der Waals surface area contributed by atoms with Gasteiger partial charge in [-0.3, -0.25) is 19.7 Å². The predicted molar refractivity (Wildman–Crippen MR) is 135 cm³/mol. The molecule has 1 N–H and O–H groups in total. The van der Waals surface area contributed by atoms with Crippen molar-refractivity contribution in [1.82, 2.24) is 0 Å². The number of non-ortho nitro benzene ring substituents is 1. The van der Waals surface area contributed by atoms with E-state index >= 15 is 0 Å². The van der Waals surface area contributed by atoms with Crippen LogP contribution < -0.4 is 19.7 Å². The number of piperidine rings is 1. The minimum Gasteiger partial charge on any atom is -0.493 e. The average Bonchev–Trinajstić information content (AvgIpc) is 2.88. The highest BCUT2D eigenvalue weighted by atomic mass is 16.6. The normalized spacial score (nSPS) is 17.4. The molecular formula is C27H27N3O6. The first-order valence-corrected chi connectivity index (χ1v) is 11.5. The number of rotatable bonds is 7. The van der Waals surface area contributed by atoms with Crippen molar-refractivity contribution in [3.8, 4) is 11.5 Å². The van der Waals surface area contributed by atoms with Crippen molar-refractivity contribution in [2.45, 2.75) is 25.8 Å². The highest BCUT2D eigenvalue weighted by molar-refractivity contribution is 6.00. The van der Waals surface area contributed by atoms with Gasteiger partial charge in [0, 0.05) is 29.9 Å². The van der Waals surface area contributed by atoms with Gasteiger partial charge in [0.25, 0.3) is 5.69 Å². The van der Waals surface area contributed by atoms with Gasteiger partial charge >= 0.3 is 0 Å². The lowest BCUT2D eigenvalue weighted by molar-refractivity contribution is -0.384. The van der Waals surface area contributed by atoms with E-state index in [2.05, 4.69) is 5.32 Å². The van der Waals surface area contributed by atoms with Crippen molar-refractivity contribution >= 4 is 28.9 Å². The molecule has 1 aliphatic heterocycles. The van der Waals surface area contributed by atoms with Gasteiger partial charge in [-0.05, 0) is 49.2 Å². The Labute approximate surface area is 208 Å². The quantitative estimate of drug-likeness (QED) is 0.368. The fraction of sp³-hybridized carbons (Fsp3) is 0.259. The van der Waals surface area contributed by atoms with E-state index in [1.807, 2.05) is 37.3 Å². The topological polar surface area (TPSA) is 111 Å². The zero-order valence-corrected chi connectivity index (χ0v) is 20.3. The van der Waals surface area contributed by atoms with Gasteiger partial charge in [0.2, 0.25) is 11.8 Å². The highest BCUT2D eigenvalue weighted by Crippen LogP contribution is 2.43. The van der Waals surface area contributed by atoms with Crippen molar-refractivity contribution in [2.75, 3.05) is 24.4 Å². The molecule has 2 unspecified atom stereocenters. The number of ether oxygens (including phenoxy) is 2.